The topological polar surface area (TPSA) is 73.3 Å². The van der Waals surface area contributed by atoms with Crippen LogP contribution < -0.4 is 29.6 Å². The molecule has 0 amide bonds. The molecule has 28 heavy (non-hydrogen) atoms. The van der Waals surface area contributed by atoms with Gasteiger partial charge in [0.25, 0.3) is 0 Å². The highest BCUT2D eigenvalue weighted by molar-refractivity contribution is 5.79. The van der Waals surface area contributed by atoms with Gasteiger partial charge >= 0.3 is 0 Å². The Kier molecular flexibility index (Phi) is 8.27. The number of ether oxygens (including phenoxy) is 4. The standard InChI is InChI=1S/C21H29N3O4/c1-22-21(23-13-12-15-6-9-17(25-2)10-7-15)24-14-16-8-11-18(26-3)20(28-5)19(16)27-4/h6-11H,12-14H2,1-5H3,(H2,22,23,24). The number of hydrogen-bond donors (Lipinski definition) is 2. The normalized spacial score (nSPS) is 11.0. The van der Waals surface area contributed by atoms with Crippen LogP contribution in [0.3, 0.4) is 0 Å². The molecule has 2 N–H and O–H groups in total. The molecule has 0 bridgehead atoms. The van der Waals surface area contributed by atoms with Crippen LogP contribution in [-0.2, 0) is 13.0 Å². The van der Waals surface area contributed by atoms with Gasteiger partial charge in [0.2, 0.25) is 5.75 Å². The van der Waals surface area contributed by atoms with Gasteiger partial charge in [-0.15, -0.1) is 0 Å². The van der Waals surface area contributed by atoms with Crippen LogP contribution in [0.1, 0.15) is 11.1 Å². The molecule has 0 fully saturated rings. The van der Waals surface area contributed by atoms with E-state index in [2.05, 4.69) is 27.8 Å². The van der Waals surface area contributed by atoms with Crippen LogP contribution in [0.15, 0.2) is 41.4 Å². The second-order valence-electron chi connectivity index (χ2n) is 5.94. The van der Waals surface area contributed by atoms with Gasteiger partial charge in [-0.25, -0.2) is 0 Å². The highest BCUT2D eigenvalue weighted by atomic mass is 16.5. The number of aliphatic imine (C=N–C) groups is 1. The molecular weight excluding hydrogens is 358 g/mol. The molecule has 2 rings (SSSR count). The van der Waals surface area contributed by atoms with Crippen molar-refractivity contribution in [1.82, 2.24) is 10.6 Å². The molecule has 0 radical (unpaired) electrons. The van der Waals surface area contributed by atoms with E-state index in [0.29, 0.717) is 29.8 Å². The van der Waals surface area contributed by atoms with Gasteiger partial charge in [-0.3, -0.25) is 4.99 Å². The summed E-state index contributed by atoms with van der Waals surface area (Å²) >= 11 is 0. The minimum atomic E-state index is 0.533. The lowest BCUT2D eigenvalue weighted by atomic mass is 10.1. The lowest BCUT2D eigenvalue weighted by Crippen LogP contribution is -2.37. The Hall–Kier alpha value is -3.09. The van der Waals surface area contributed by atoms with Crippen LogP contribution in [0.4, 0.5) is 0 Å². The van der Waals surface area contributed by atoms with Gasteiger partial charge in [0.1, 0.15) is 5.75 Å². The van der Waals surface area contributed by atoms with Crippen LogP contribution >= 0.6 is 0 Å². The maximum atomic E-state index is 5.52. The Morgan fingerprint density at radius 3 is 2.11 bits per heavy atom. The van der Waals surface area contributed by atoms with Gasteiger partial charge in [-0.05, 0) is 36.2 Å². The third kappa shape index (κ3) is 5.45. The molecule has 2 aromatic rings. The first-order valence-electron chi connectivity index (χ1n) is 9.02. The van der Waals surface area contributed by atoms with Crippen molar-refractivity contribution in [2.24, 2.45) is 4.99 Å². The summed E-state index contributed by atoms with van der Waals surface area (Å²) in [7, 11) is 8.22. The van der Waals surface area contributed by atoms with E-state index >= 15 is 0 Å². The molecule has 0 aliphatic carbocycles. The number of rotatable bonds is 9. The zero-order valence-corrected chi connectivity index (χ0v) is 17.2. The summed E-state index contributed by atoms with van der Waals surface area (Å²) in [6.07, 6.45) is 0.879. The molecule has 7 heteroatoms. The highest BCUT2D eigenvalue weighted by Gasteiger charge is 2.15. The number of guanidine groups is 1. The quantitative estimate of drug-likeness (QED) is 0.509. The summed E-state index contributed by atoms with van der Waals surface area (Å²) in [6, 6.07) is 11.9. The smallest absolute Gasteiger partial charge is 0.203 e. The van der Waals surface area contributed by atoms with Gasteiger partial charge < -0.3 is 29.6 Å². The molecular formula is C21H29N3O4. The Balaban J connectivity index is 1.93. The molecule has 0 unspecified atom stereocenters. The van der Waals surface area contributed by atoms with Gasteiger partial charge in [-0.1, -0.05) is 12.1 Å². The Morgan fingerprint density at radius 1 is 0.821 bits per heavy atom. The van der Waals surface area contributed by atoms with E-state index in [-0.39, 0.29) is 0 Å². The highest BCUT2D eigenvalue weighted by Crippen LogP contribution is 2.39. The number of methoxy groups -OCH3 is 4. The maximum absolute atomic E-state index is 5.52. The van der Waals surface area contributed by atoms with Gasteiger partial charge in [0.15, 0.2) is 17.5 Å². The van der Waals surface area contributed by atoms with Gasteiger partial charge in [0.05, 0.1) is 28.4 Å². The second-order valence-corrected chi connectivity index (χ2v) is 5.94. The third-order valence-corrected chi connectivity index (χ3v) is 4.32. The Labute approximate surface area is 166 Å². The fourth-order valence-corrected chi connectivity index (χ4v) is 2.82. The number of nitrogens with one attached hydrogen (secondary N) is 2. The molecule has 0 saturated carbocycles. The summed E-state index contributed by atoms with van der Waals surface area (Å²) < 4.78 is 21.5. The zero-order valence-electron chi connectivity index (χ0n) is 17.2. The van der Waals surface area contributed by atoms with E-state index in [1.54, 1.807) is 35.5 Å². The van der Waals surface area contributed by atoms with E-state index in [9.17, 15) is 0 Å². The van der Waals surface area contributed by atoms with Crippen molar-refractivity contribution in [3.8, 4) is 23.0 Å². The Bertz CT molecular complexity index is 776. The van der Waals surface area contributed by atoms with E-state index in [0.717, 1.165) is 24.3 Å². The van der Waals surface area contributed by atoms with E-state index in [4.69, 9.17) is 18.9 Å². The summed E-state index contributed by atoms with van der Waals surface area (Å²) in [4.78, 5) is 4.27. The molecule has 0 aromatic heterocycles. The first-order valence-corrected chi connectivity index (χ1v) is 9.02. The largest absolute Gasteiger partial charge is 0.497 e. The molecule has 2 aromatic carbocycles. The van der Waals surface area contributed by atoms with Gasteiger partial charge in [-0.2, -0.15) is 0 Å². The average Bonchev–Trinajstić information content (AvgIpc) is 2.75. The summed E-state index contributed by atoms with van der Waals surface area (Å²) in [5.74, 6) is 3.42. The lowest BCUT2D eigenvalue weighted by molar-refractivity contribution is 0.322. The van der Waals surface area contributed by atoms with E-state index < -0.39 is 0 Å². The molecule has 0 aliphatic heterocycles. The SMILES string of the molecule is CN=C(NCCc1ccc(OC)cc1)NCc1ccc(OC)c(OC)c1OC. The average molecular weight is 387 g/mol. The van der Waals surface area contributed by atoms with Crippen LogP contribution in [0, 0.1) is 0 Å². The minimum Gasteiger partial charge on any atom is -0.497 e. The first kappa shape index (κ1) is 21.2. The fourth-order valence-electron chi connectivity index (χ4n) is 2.82. The minimum absolute atomic E-state index is 0.533. The summed E-state index contributed by atoms with van der Waals surface area (Å²) in [5, 5.41) is 6.61. The van der Waals surface area contributed by atoms with E-state index in [1.807, 2.05) is 24.3 Å². The van der Waals surface area contributed by atoms with Crippen molar-refractivity contribution in [3.05, 3.63) is 47.5 Å². The molecule has 152 valence electrons. The number of nitrogens with zero attached hydrogens (tertiary/aromatic N) is 1. The predicted octanol–water partition coefficient (Wildman–Crippen LogP) is 2.63. The maximum Gasteiger partial charge on any atom is 0.203 e. The van der Waals surface area contributed by atoms with Crippen LogP contribution in [0.25, 0.3) is 0 Å². The number of hydrogen-bond acceptors (Lipinski definition) is 5. The first-order chi connectivity index (χ1) is 13.7. The third-order valence-electron chi connectivity index (χ3n) is 4.32. The number of benzene rings is 2. The summed E-state index contributed by atoms with van der Waals surface area (Å²) in [5.41, 5.74) is 2.17. The monoisotopic (exact) mass is 387 g/mol. The fraction of sp³-hybridized carbons (Fsp3) is 0.381. The zero-order chi connectivity index (χ0) is 20.4. The summed E-state index contributed by atoms with van der Waals surface area (Å²) in [6.45, 7) is 1.29. The van der Waals surface area contributed by atoms with Crippen molar-refractivity contribution in [2.45, 2.75) is 13.0 Å². The molecule has 7 nitrogen and oxygen atoms in total. The molecule has 0 saturated heterocycles. The molecule has 0 atom stereocenters. The molecule has 0 spiro atoms. The van der Waals surface area contributed by atoms with Crippen LogP contribution in [0.5, 0.6) is 23.0 Å². The van der Waals surface area contributed by atoms with Crippen molar-refractivity contribution in [3.63, 3.8) is 0 Å². The van der Waals surface area contributed by atoms with Crippen molar-refractivity contribution >= 4 is 5.96 Å². The molecule has 0 heterocycles. The van der Waals surface area contributed by atoms with Crippen LogP contribution in [0.2, 0.25) is 0 Å². The molecule has 0 aliphatic rings. The van der Waals surface area contributed by atoms with Gasteiger partial charge in [0, 0.05) is 25.7 Å². The van der Waals surface area contributed by atoms with Crippen molar-refractivity contribution in [2.75, 3.05) is 42.0 Å². The Morgan fingerprint density at radius 2 is 1.54 bits per heavy atom. The lowest BCUT2D eigenvalue weighted by Gasteiger charge is -2.17. The second kappa shape index (κ2) is 10.9. The van der Waals surface area contributed by atoms with E-state index in [1.165, 1.54) is 5.56 Å². The predicted molar refractivity (Wildman–Crippen MR) is 111 cm³/mol. The van der Waals surface area contributed by atoms with Crippen molar-refractivity contribution < 1.29 is 18.9 Å². The van der Waals surface area contributed by atoms with Crippen molar-refractivity contribution in [1.29, 1.82) is 0 Å². The van der Waals surface area contributed by atoms with Crippen LogP contribution in [-0.4, -0.2) is 48.0 Å².